The summed E-state index contributed by atoms with van der Waals surface area (Å²) in [6, 6.07) is 10.2. The molecule has 0 atom stereocenters. The van der Waals surface area contributed by atoms with Crippen LogP contribution in [0.4, 0.5) is 5.69 Å². The lowest BCUT2D eigenvalue weighted by Crippen LogP contribution is -2.39. The van der Waals surface area contributed by atoms with Gasteiger partial charge in [0.25, 0.3) is 0 Å². The fourth-order valence-corrected chi connectivity index (χ4v) is 1.47. The molecule has 0 aromatic heterocycles. The van der Waals surface area contributed by atoms with Crippen LogP contribution in [0.15, 0.2) is 28.7 Å². The summed E-state index contributed by atoms with van der Waals surface area (Å²) in [7, 11) is 1.92. The van der Waals surface area contributed by atoms with Crippen molar-refractivity contribution in [1.29, 1.82) is 5.26 Å². The van der Waals surface area contributed by atoms with Crippen molar-refractivity contribution >= 4 is 21.6 Å². The summed E-state index contributed by atoms with van der Waals surface area (Å²) in [5.41, 5.74) is 0.548. The molecule has 0 aliphatic heterocycles. The lowest BCUT2D eigenvalue weighted by atomic mass is 10.1. The molecule has 0 aliphatic rings. The van der Waals surface area contributed by atoms with E-state index in [1.165, 1.54) is 0 Å². The number of nitriles is 1. The van der Waals surface area contributed by atoms with Crippen LogP contribution in [0.25, 0.3) is 0 Å². The van der Waals surface area contributed by atoms with Crippen molar-refractivity contribution < 1.29 is 0 Å². The molecule has 74 valence electrons. The molecule has 0 saturated carbocycles. The third-order valence-electron chi connectivity index (χ3n) is 2.31. The van der Waals surface area contributed by atoms with Crippen molar-refractivity contribution in [2.24, 2.45) is 0 Å². The van der Waals surface area contributed by atoms with E-state index in [-0.39, 0.29) is 0 Å². The van der Waals surface area contributed by atoms with Gasteiger partial charge in [0.2, 0.25) is 0 Å². The summed E-state index contributed by atoms with van der Waals surface area (Å²) >= 11 is 3.41. The Bertz CT molecular complexity index is 366. The number of benzene rings is 1. The zero-order valence-corrected chi connectivity index (χ0v) is 10.2. The molecule has 0 amide bonds. The van der Waals surface area contributed by atoms with E-state index in [1.54, 1.807) is 0 Å². The molecular weight excluding hydrogens is 240 g/mol. The Morgan fingerprint density at radius 2 is 2.07 bits per heavy atom. The average molecular weight is 253 g/mol. The van der Waals surface area contributed by atoms with E-state index in [0.717, 1.165) is 10.2 Å². The molecule has 0 bridgehead atoms. The molecule has 0 unspecified atom stereocenters. The predicted molar refractivity (Wildman–Crippen MR) is 62.2 cm³/mol. The largest absolute Gasteiger partial charge is 0.357 e. The fraction of sp³-hybridized carbons (Fsp3) is 0.364. The highest BCUT2D eigenvalue weighted by atomic mass is 79.9. The first kappa shape index (κ1) is 11.1. The van der Waals surface area contributed by atoms with Crippen molar-refractivity contribution in [3.63, 3.8) is 0 Å². The first-order chi connectivity index (χ1) is 6.47. The average Bonchev–Trinajstić information content (AvgIpc) is 2.16. The molecule has 1 rings (SSSR count). The van der Waals surface area contributed by atoms with Crippen LogP contribution in [0.5, 0.6) is 0 Å². The number of hydrogen-bond acceptors (Lipinski definition) is 2. The minimum Gasteiger partial charge on any atom is -0.357 e. The van der Waals surface area contributed by atoms with E-state index in [1.807, 2.05) is 50.1 Å². The van der Waals surface area contributed by atoms with Crippen LogP contribution in [0.3, 0.4) is 0 Å². The normalized spacial score (nSPS) is 10.8. The summed E-state index contributed by atoms with van der Waals surface area (Å²) in [4.78, 5) is 1.96. The van der Waals surface area contributed by atoms with E-state index in [2.05, 4.69) is 22.0 Å². The van der Waals surface area contributed by atoms with Crippen molar-refractivity contribution in [1.82, 2.24) is 0 Å². The van der Waals surface area contributed by atoms with Gasteiger partial charge in [-0.25, -0.2) is 0 Å². The molecule has 0 radical (unpaired) electrons. The van der Waals surface area contributed by atoms with Crippen molar-refractivity contribution in [3.8, 4) is 6.07 Å². The van der Waals surface area contributed by atoms with Gasteiger partial charge in [0.05, 0.1) is 6.07 Å². The van der Waals surface area contributed by atoms with Crippen LogP contribution in [0, 0.1) is 11.3 Å². The highest BCUT2D eigenvalue weighted by Gasteiger charge is 2.22. The topological polar surface area (TPSA) is 27.0 Å². The monoisotopic (exact) mass is 252 g/mol. The Morgan fingerprint density at radius 3 is 2.57 bits per heavy atom. The Labute approximate surface area is 93.3 Å². The fourth-order valence-electron chi connectivity index (χ4n) is 1.08. The predicted octanol–water partition coefficient (Wildman–Crippen LogP) is 3.19. The minimum atomic E-state index is -0.485. The second kappa shape index (κ2) is 4.02. The van der Waals surface area contributed by atoms with E-state index in [9.17, 15) is 0 Å². The maximum absolute atomic E-state index is 8.99. The molecule has 0 fully saturated rings. The molecule has 0 spiro atoms. The van der Waals surface area contributed by atoms with Crippen LogP contribution >= 0.6 is 15.9 Å². The van der Waals surface area contributed by atoms with E-state index < -0.39 is 5.54 Å². The molecule has 1 aromatic carbocycles. The Hall–Kier alpha value is -1.01. The minimum absolute atomic E-state index is 0.485. The smallest absolute Gasteiger partial charge is 0.121 e. The van der Waals surface area contributed by atoms with Crippen LogP contribution < -0.4 is 4.90 Å². The van der Waals surface area contributed by atoms with E-state index >= 15 is 0 Å². The highest BCUT2D eigenvalue weighted by molar-refractivity contribution is 9.10. The highest BCUT2D eigenvalue weighted by Crippen LogP contribution is 2.24. The third kappa shape index (κ3) is 2.27. The van der Waals surface area contributed by atoms with Gasteiger partial charge in [-0.2, -0.15) is 5.26 Å². The van der Waals surface area contributed by atoms with Crippen LogP contribution in [0.2, 0.25) is 0 Å². The molecule has 0 aliphatic carbocycles. The molecule has 2 nitrogen and oxygen atoms in total. The zero-order valence-electron chi connectivity index (χ0n) is 8.58. The van der Waals surface area contributed by atoms with Crippen molar-refractivity contribution in [2.45, 2.75) is 19.4 Å². The third-order valence-corrected chi connectivity index (χ3v) is 2.80. The van der Waals surface area contributed by atoms with Gasteiger partial charge in [0.1, 0.15) is 5.54 Å². The molecule has 0 N–H and O–H groups in total. The van der Waals surface area contributed by atoms with Crippen LogP contribution in [-0.4, -0.2) is 12.6 Å². The van der Waals surface area contributed by atoms with E-state index in [0.29, 0.717) is 0 Å². The van der Waals surface area contributed by atoms with Crippen LogP contribution in [0.1, 0.15) is 13.8 Å². The molecule has 3 heteroatoms. The number of nitrogens with zero attached hydrogens (tertiary/aromatic N) is 2. The second-order valence-electron chi connectivity index (χ2n) is 3.71. The number of anilines is 1. The summed E-state index contributed by atoms with van der Waals surface area (Å²) in [6.07, 6.45) is 0. The Morgan fingerprint density at radius 1 is 1.43 bits per heavy atom. The first-order valence-electron chi connectivity index (χ1n) is 4.38. The Balaban J connectivity index is 3.02. The molecule has 0 heterocycles. The quantitative estimate of drug-likeness (QED) is 0.809. The second-order valence-corrected chi connectivity index (χ2v) is 4.63. The molecular formula is C11H13BrN2. The van der Waals surface area contributed by atoms with Gasteiger partial charge in [-0.1, -0.05) is 22.0 Å². The van der Waals surface area contributed by atoms with Crippen molar-refractivity contribution in [2.75, 3.05) is 11.9 Å². The van der Waals surface area contributed by atoms with Gasteiger partial charge in [0, 0.05) is 17.2 Å². The van der Waals surface area contributed by atoms with Gasteiger partial charge in [-0.15, -0.1) is 0 Å². The first-order valence-corrected chi connectivity index (χ1v) is 5.17. The van der Waals surface area contributed by atoms with E-state index in [4.69, 9.17) is 5.26 Å². The van der Waals surface area contributed by atoms with Crippen molar-refractivity contribution in [3.05, 3.63) is 28.7 Å². The summed E-state index contributed by atoms with van der Waals surface area (Å²) < 4.78 is 1.02. The van der Waals surface area contributed by atoms with Gasteiger partial charge in [0.15, 0.2) is 0 Å². The Kier molecular flexibility index (Phi) is 3.17. The molecule has 0 saturated heterocycles. The van der Waals surface area contributed by atoms with Crippen LogP contribution in [-0.2, 0) is 0 Å². The number of hydrogen-bond donors (Lipinski definition) is 0. The van der Waals surface area contributed by atoms with Gasteiger partial charge in [-0.3, -0.25) is 0 Å². The maximum Gasteiger partial charge on any atom is 0.121 e. The number of rotatable bonds is 2. The van der Waals surface area contributed by atoms with Gasteiger partial charge >= 0.3 is 0 Å². The number of halogens is 1. The summed E-state index contributed by atoms with van der Waals surface area (Å²) in [5.74, 6) is 0. The SMILES string of the molecule is CN(c1cccc(Br)c1)C(C)(C)C#N. The van der Waals surface area contributed by atoms with Gasteiger partial charge < -0.3 is 4.90 Å². The zero-order chi connectivity index (χ0) is 10.8. The lowest BCUT2D eigenvalue weighted by molar-refractivity contribution is 0.617. The standard InChI is InChI=1S/C11H13BrN2/c1-11(2,8-13)14(3)10-6-4-5-9(12)7-10/h4-7H,1-3H3. The van der Waals surface area contributed by atoms with Gasteiger partial charge in [-0.05, 0) is 32.0 Å². The summed E-state index contributed by atoms with van der Waals surface area (Å²) in [5, 5.41) is 8.99. The maximum atomic E-state index is 8.99. The lowest BCUT2D eigenvalue weighted by Gasteiger charge is -2.31. The molecule has 14 heavy (non-hydrogen) atoms. The molecule has 1 aromatic rings. The summed E-state index contributed by atoms with van der Waals surface area (Å²) in [6.45, 7) is 3.79.